The molecule has 5 atom stereocenters. The Morgan fingerprint density at radius 3 is 2.64 bits per heavy atom. The van der Waals surface area contributed by atoms with Crippen LogP contribution in [0.5, 0.6) is 0 Å². The van der Waals surface area contributed by atoms with Crippen LogP contribution in [0.3, 0.4) is 0 Å². The van der Waals surface area contributed by atoms with Crippen LogP contribution in [0, 0.1) is 29.6 Å². The molecule has 2 N–H and O–H groups in total. The zero-order valence-corrected chi connectivity index (χ0v) is 16.9. The molecule has 4 rings (SSSR count). The summed E-state index contributed by atoms with van der Waals surface area (Å²) < 4.78 is 5.26. The monoisotopic (exact) mass is 403 g/mol. The van der Waals surface area contributed by atoms with Gasteiger partial charge in [0.1, 0.15) is 5.00 Å². The second-order valence-corrected chi connectivity index (χ2v) is 9.21. The Kier molecular flexibility index (Phi) is 5.04. The van der Waals surface area contributed by atoms with Gasteiger partial charge in [-0.05, 0) is 55.9 Å². The molecule has 1 saturated carbocycles. The Bertz CT molecular complexity index is 857. The number of nitrogens with one attached hydrogen (secondary N) is 1. The van der Waals surface area contributed by atoms with Crippen LogP contribution in [0.2, 0.25) is 0 Å². The number of carbonyl (C=O) groups excluding carboxylic acids is 2. The topological polar surface area (TPSA) is 92.7 Å². The van der Waals surface area contributed by atoms with E-state index in [1.54, 1.807) is 6.92 Å². The number of anilines is 1. The summed E-state index contributed by atoms with van der Waals surface area (Å²) in [5, 5.41) is 13.0. The minimum absolute atomic E-state index is 0.0493. The maximum absolute atomic E-state index is 13.1. The number of rotatable bonds is 5. The molecule has 1 aromatic rings. The predicted octanol–water partition coefficient (Wildman–Crippen LogP) is 3.51. The van der Waals surface area contributed by atoms with Gasteiger partial charge in [0.15, 0.2) is 0 Å². The fourth-order valence-corrected chi connectivity index (χ4v) is 6.21. The number of carbonyl (C=O) groups is 3. The van der Waals surface area contributed by atoms with Crippen molar-refractivity contribution < 1.29 is 24.2 Å². The first kappa shape index (κ1) is 19.2. The Morgan fingerprint density at radius 2 is 1.96 bits per heavy atom. The van der Waals surface area contributed by atoms with Gasteiger partial charge in [0, 0.05) is 4.88 Å². The molecule has 28 heavy (non-hydrogen) atoms. The number of carboxylic acid groups (broad SMARTS) is 1. The highest BCUT2D eigenvalue weighted by molar-refractivity contribution is 7.17. The van der Waals surface area contributed by atoms with Crippen LogP contribution in [0.4, 0.5) is 5.00 Å². The molecular formula is C21H25NO5S. The number of carboxylic acids is 1. The van der Waals surface area contributed by atoms with E-state index in [4.69, 9.17) is 4.74 Å². The minimum Gasteiger partial charge on any atom is -0.481 e. The lowest BCUT2D eigenvalue weighted by molar-refractivity contribution is -0.146. The van der Waals surface area contributed by atoms with Gasteiger partial charge in [-0.2, -0.15) is 0 Å². The van der Waals surface area contributed by atoms with Crippen molar-refractivity contribution in [3.8, 4) is 0 Å². The fraction of sp³-hybridized carbons (Fsp3) is 0.571. The molecule has 2 bridgehead atoms. The quantitative estimate of drug-likeness (QED) is 0.580. The summed E-state index contributed by atoms with van der Waals surface area (Å²) in [5.41, 5.74) is 1.45. The molecule has 0 aliphatic heterocycles. The summed E-state index contributed by atoms with van der Waals surface area (Å²) in [4.78, 5) is 38.6. The first-order valence-electron chi connectivity index (χ1n) is 9.94. The zero-order valence-electron chi connectivity index (χ0n) is 16.1. The van der Waals surface area contributed by atoms with Gasteiger partial charge in [-0.3, -0.25) is 9.59 Å². The second-order valence-electron chi connectivity index (χ2n) is 8.10. The van der Waals surface area contributed by atoms with Crippen molar-refractivity contribution in [2.24, 2.45) is 29.6 Å². The van der Waals surface area contributed by atoms with Crippen molar-refractivity contribution in [3.63, 3.8) is 0 Å². The molecule has 1 fully saturated rings. The molecule has 3 aliphatic carbocycles. The van der Waals surface area contributed by atoms with Crippen molar-refractivity contribution in [2.45, 2.75) is 39.5 Å². The number of fused-ring (bicyclic) bond motifs is 3. The number of allylic oxidation sites excluding steroid dienone is 2. The summed E-state index contributed by atoms with van der Waals surface area (Å²) in [6.07, 6.45) is 7.33. The largest absolute Gasteiger partial charge is 0.481 e. The normalized spacial score (nSPS) is 30.1. The van der Waals surface area contributed by atoms with Gasteiger partial charge in [0.2, 0.25) is 5.91 Å². The number of amides is 1. The number of ether oxygens (including phenoxy) is 1. The van der Waals surface area contributed by atoms with E-state index in [0.29, 0.717) is 22.9 Å². The number of hydrogen-bond donors (Lipinski definition) is 2. The van der Waals surface area contributed by atoms with Gasteiger partial charge < -0.3 is 15.2 Å². The van der Waals surface area contributed by atoms with E-state index >= 15 is 0 Å². The number of thiophene rings is 1. The first-order chi connectivity index (χ1) is 13.4. The molecule has 0 unspecified atom stereocenters. The highest BCUT2D eigenvalue weighted by Gasteiger charge is 2.51. The van der Waals surface area contributed by atoms with Crippen LogP contribution in [0.25, 0.3) is 0 Å². The fourth-order valence-electron chi connectivity index (χ4n) is 4.98. The number of hydrogen-bond acceptors (Lipinski definition) is 5. The molecule has 7 heteroatoms. The van der Waals surface area contributed by atoms with Crippen LogP contribution in [0.1, 0.15) is 47.5 Å². The standard InChI is InChI=1S/C21H25NO5S/c1-3-27-21(26)17-13-8-10(2)4-7-14(13)28-19(17)22-18(23)15-11-5-6-12(9-11)16(15)20(24)25/h5-6,10-12,15-16H,3-4,7-9H2,1-2H3,(H,22,23)(H,24,25)/t10-,11-,12+,15+,16+/m0/s1. The molecule has 0 aromatic carbocycles. The zero-order chi connectivity index (χ0) is 20.0. The van der Waals surface area contributed by atoms with E-state index in [-0.39, 0.29) is 24.3 Å². The van der Waals surface area contributed by atoms with Crippen LogP contribution < -0.4 is 5.32 Å². The van der Waals surface area contributed by atoms with E-state index in [1.165, 1.54) is 11.3 Å². The van der Waals surface area contributed by atoms with Crippen LogP contribution >= 0.6 is 11.3 Å². The maximum Gasteiger partial charge on any atom is 0.341 e. The lowest BCUT2D eigenvalue weighted by atomic mass is 9.82. The van der Waals surface area contributed by atoms with Gasteiger partial charge >= 0.3 is 11.9 Å². The SMILES string of the molecule is CCOC(=O)c1c(NC(=O)[C@H]2[C@H](C(=O)O)[C@@H]3C=C[C@H]2C3)sc2c1C[C@@H](C)CC2. The van der Waals surface area contributed by atoms with Crippen molar-refractivity contribution in [1.82, 2.24) is 0 Å². The lowest BCUT2D eigenvalue weighted by Gasteiger charge is -2.23. The average Bonchev–Trinajstić information content (AvgIpc) is 3.33. The van der Waals surface area contributed by atoms with Gasteiger partial charge in [-0.15, -0.1) is 11.3 Å². The maximum atomic E-state index is 13.1. The summed E-state index contributed by atoms with van der Waals surface area (Å²) in [6, 6.07) is 0. The van der Waals surface area contributed by atoms with Crippen LogP contribution in [-0.4, -0.2) is 29.6 Å². The van der Waals surface area contributed by atoms with Crippen molar-refractivity contribution >= 4 is 34.2 Å². The van der Waals surface area contributed by atoms with Crippen LogP contribution in [-0.2, 0) is 27.2 Å². The van der Waals surface area contributed by atoms with E-state index in [1.807, 2.05) is 12.2 Å². The molecular weight excluding hydrogens is 378 g/mol. The average molecular weight is 404 g/mol. The van der Waals surface area contributed by atoms with Crippen LogP contribution in [0.15, 0.2) is 12.2 Å². The van der Waals surface area contributed by atoms with Crippen molar-refractivity contribution in [3.05, 3.63) is 28.2 Å². The summed E-state index contributed by atoms with van der Waals surface area (Å²) in [7, 11) is 0. The first-order valence-corrected chi connectivity index (χ1v) is 10.8. The van der Waals surface area contributed by atoms with Gasteiger partial charge in [0.05, 0.1) is 24.0 Å². The second kappa shape index (κ2) is 7.35. The van der Waals surface area contributed by atoms with Crippen molar-refractivity contribution in [2.75, 3.05) is 11.9 Å². The van der Waals surface area contributed by atoms with Crippen molar-refractivity contribution in [1.29, 1.82) is 0 Å². The Balaban J connectivity index is 1.64. The summed E-state index contributed by atoms with van der Waals surface area (Å²) in [5.74, 6) is -2.59. The predicted molar refractivity (Wildman–Crippen MR) is 105 cm³/mol. The van der Waals surface area contributed by atoms with Gasteiger partial charge in [-0.25, -0.2) is 4.79 Å². The highest BCUT2D eigenvalue weighted by atomic mass is 32.1. The minimum atomic E-state index is -0.929. The van der Waals surface area contributed by atoms with E-state index in [0.717, 1.165) is 29.7 Å². The number of aryl methyl sites for hydroxylation is 1. The van der Waals surface area contributed by atoms with E-state index < -0.39 is 23.8 Å². The molecule has 1 heterocycles. The third-order valence-electron chi connectivity index (χ3n) is 6.27. The molecule has 6 nitrogen and oxygen atoms in total. The molecule has 0 radical (unpaired) electrons. The van der Waals surface area contributed by atoms with Gasteiger partial charge in [-0.1, -0.05) is 19.1 Å². The molecule has 1 aromatic heterocycles. The molecule has 1 amide bonds. The highest BCUT2D eigenvalue weighted by Crippen LogP contribution is 2.49. The molecule has 3 aliphatic rings. The Morgan fingerprint density at radius 1 is 1.25 bits per heavy atom. The third-order valence-corrected chi connectivity index (χ3v) is 7.48. The Labute approximate surface area is 168 Å². The molecule has 0 spiro atoms. The van der Waals surface area contributed by atoms with E-state index in [9.17, 15) is 19.5 Å². The molecule has 0 saturated heterocycles. The molecule has 150 valence electrons. The number of aliphatic carboxylic acids is 1. The smallest absolute Gasteiger partial charge is 0.341 e. The number of esters is 1. The third kappa shape index (κ3) is 3.15. The summed E-state index contributed by atoms with van der Waals surface area (Å²) in [6.45, 7) is 4.19. The lowest BCUT2D eigenvalue weighted by Crippen LogP contribution is -2.36. The van der Waals surface area contributed by atoms with Gasteiger partial charge in [0.25, 0.3) is 0 Å². The van der Waals surface area contributed by atoms with E-state index in [2.05, 4.69) is 12.2 Å². The Hall–Kier alpha value is -2.15. The summed E-state index contributed by atoms with van der Waals surface area (Å²) >= 11 is 1.44.